The summed E-state index contributed by atoms with van der Waals surface area (Å²) in [6.45, 7) is 2.74. The number of nitrogens with one attached hydrogen (secondary N) is 1. The van der Waals surface area contributed by atoms with Crippen molar-refractivity contribution in [1.29, 1.82) is 0 Å². The van der Waals surface area contributed by atoms with Crippen LogP contribution in [-0.2, 0) is 13.1 Å². The van der Waals surface area contributed by atoms with Gasteiger partial charge in [-0.15, -0.1) is 11.3 Å². The standard InChI is InChI=1S/C23H22FN3O3S/c1-14-19-11-21(22(28)25-12-16-10-18(29-2)8-9-20(16)30-3)31-23(19)27(26-14)13-15-4-6-17(24)7-5-15/h4-11H,12-13H2,1-3H3,(H,25,28). The van der Waals surface area contributed by atoms with Gasteiger partial charge < -0.3 is 14.8 Å². The van der Waals surface area contributed by atoms with E-state index in [2.05, 4.69) is 10.4 Å². The lowest BCUT2D eigenvalue weighted by molar-refractivity contribution is 0.0954. The third-order valence-electron chi connectivity index (χ3n) is 5.00. The zero-order valence-electron chi connectivity index (χ0n) is 17.4. The highest BCUT2D eigenvalue weighted by Crippen LogP contribution is 2.29. The van der Waals surface area contributed by atoms with Crippen LogP contribution in [0.15, 0.2) is 48.5 Å². The fourth-order valence-electron chi connectivity index (χ4n) is 3.38. The minimum Gasteiger partial charge on any atom is -0.497 e. The second-order valence-electron chi connectivity index (χ2n) is 7.06. The zero-order valence-corrected chi connectivity index (χ0v) is 18.3. The SMILES string of the molecule is COc1ccc(OC)c(CNC(=O)c2cc3c(C)nn(Cc4ccc(F)cc4)c3s2)c1. The second-order valence-corrected chi connectivity index (χ2v) is 8.09. The van der Waals surface area contributed by atoms with Gasteiger partial charge in [-0.3, -0.25) is 9.48 Å². The molecule has 0 radical (unpaired) electrons. The van der Waals surface area contributed by atoms with Gasteiger partial charge in [-0.25, -0.2) is 4.39 Å². The van der Waals surface area contributed by atoms with Gasteiger partial charge in [0, 0.05) is 17.5 Å². The minimum atomic E-state index is -0.270. The van der Waals surface area contributed by atoms with E-state index < -0.39 is 0 Å². The van der Waals surface area contributed by atoms with Crippen LogP contribution in [0.5, 0.6) is 11.5 Å². The Hall–Kier alpha value is -3.39. The van der Waals surface area contributed by atoms with Crippen molar-refractivity contribution in [1.82, 2.24) is 15.1 Å². The Morgan fingerprint density at radius 3 is 2.61 bits per heavy atom. The maximum Gasteiger partial charge on any atom is 0.261 e. The molecule has 1 N–H and O–H groups in total. The molecule has 0 unspecified atom stereocenters. The van der Waals surface area contributed by atoms with Crippen LogP contribution in [0.4, 0.5) is 4.39 Å². The summed E-state index contributed by atoms with van der Waals surface area (Å²) in [4.78, 5) is 14.3. The Kier molecular flexibility index (Phi) is 5.90. The number of amides is 1. The average Bonchev–Trinajstić information content (AvgIpc) is 3.34. The lowest BCUT2D eigenvalue weighted by atomic mass is 10.2. The maximum atomic E-state index is 13.2. The lowest BCUT2D eigenvalue weighted by Crippen LogP contribution is -2.22. The van der Waals surface area contributed by atoms with Crippen molar-refractivity contribution in [3.63, 3.8) is 0 Å². The van der Waals surface area contributed by atoms with Gasteiger partial charge >= 0.3 is 0 Å². The highest BCUT2D eigenvalue weighted by molar-refractivity contribution is 7.20. The van der Waals surface area contributed by atoms with E-state index in [0.717, 1.165) is 27.0 Å². The van der Waals surface area contributed by atoms with Crippen molar-refractivity contribution < 1.29 is 18.7 Å². The number of halogens is 1. The molecule has 2 aromatic heterocycles. The van der Waals surface area contributed by atoms with Gasteiger partial charge in [-0.2, -0.15) is 5.10 Å². The molecular formula is C23H22FN3O3S. The quantitative estimate of drug-likeness (QED) is 0.459. The van der Waals surface area contributed by atoms with Gasteiger partial charge in [0.2, 0.25) is 0 Å². The van der Waals surface area contributed by atoms with E-state index in [9.17, 15) is 9.18 Å². The Labute approximate surface area is 183 Å². The minimum absolute atomic E-state index is 0.168. The molecule has 31 heavy (non-hydrogen) atoms. The molecule has 0 aliphatic rings. The van der Waals surface area contributed by atoms with Gasteiger partial charge in [-0.1, -0.05) is 12.1 Å². The average molecular weight is 440 g/mol. The van der Waals surface area contributed by atoms with Crippen LogP contribution in [0.2, 0.25) is 0 Å². The first kappa shape index (κ1) is 20.9. The molecule has 4 aromatic rings. The molecule has 160 valence electrons. The van der Waals surface area contributed by atoms with Crippen molar-refractivity contribution in [2.75, 3.05) is 14.2 Å². The number of thiophene rings is 1. The number of fused-ring (bicyclic) bond motifs is 1. The molecule has 0 bridgehead atoms. The third-order valence-corrected chi connectivity index (χ3v) is 6.15. The van der Waals surface area contributed by atoms with Gasteiger partial charge in [0.15, 0.2) is 0 Å². The van der Waals surface area contributed by atoms with Crippen LogP contribution in [0.1, 0.15) is 26.5 Å². The topological polar surface area (TPSA) is 65.4 Å². The van der Waals surface area contributed by atoms with Gasteiger partial charge in [0.05, 0.1) is 31.3 Å². The summed E-state index contributed by atoms with van der Waals surface area (Å²) in [7, 11) is 3.19. The first-order valence-electron chi connectivity index (χ1n) is 9.69. The van der Waals surface area contributed by atoms with E-state index in [0.29, 0.717) is 29.5 Å². The van der Waals surface area contributed by atoms with Gasteiger partial charge in [-0.05, 0) is 48.9 Å². The summed E-state index contributed by atoms with van der Waals surface area (Å²) >= 11 is 1.39. The molecule has 0 aliphatic carbocycles. The van der Waals surface area contributed by atoms with Crippen LogP contribution >= 0.6 is 11.3 Å². The van der Waals surface area contributed by atoms with Crippen molar-refractivity contribution in [2.45, 2.75) is 20.0 Å². The second kappa shape index (κ2) is 8.77. The number of nitrogens with zero attached hydrogens (tertiary/aromatic N) is 2. The van der Waals surface area contributed by atoms with E-state index in [4.69, 9.17) is 9.47 Å². The van der Waals surface area contributed by atoms with Crippen molar-refractivity contribution in [3.05, 3.63) is 76.0 Å². The predicted octanol–water partition coefficient (Wildman–Crippen LogP) is 4.54. The van der Waals surface area contributed by atoms with E-state index in [1.165, 1.54) is 23.5 Å². The highest BCUT2D eigenvalue weighted by Gasteiger charge is 2.17. The number of carbonyl (C=O) groups excluding carboxylic acids is 1. The molecule has 4 rings (SSSR count). The van der Waals surface area contributed by atoms with Gasteiger partial charge in [0.1, 0.15) is 22.1 Å². The number of hydrogen-bond donors (Lipinski definition) is 1. The number of aromatic nitrogens is 2. The molecule has 0 spiro atoms. The molecule has 1 amide bonds. The van der Waals surface area contributed by atoms with E-state index >= 15 is 0 Å². The summed E-state index contributed by atoms with van der Waals surface area (Å²) in [5, 5.41) is 8.47. The van der Waals surface area contributed by atoms with Crippen LogP contribution in [0, 0.1) is 12.7 Å². The third kappa shape index (κ3) is 4.39. The number of methoxy groups -OCH3 is 2. The summed E-state index contributed by atoms with van der Waals surface area (Å²) in [5.41, 5.74) is 2.62. The Balaban J connectivity index is 1.53. The molecule has 2 aromatic carbocycles. The van der Waals surface area contributed by atoms with Crippen LogP contribution in [-0.4, -0.2) is 29.9 Å². The molecule has 6 nitrogen and oxygen atoms in total. The lowest BCUT2D eigenvalue weighted by Gasteiger charge is -2.11. The predicted molar refractivity (Wildman–Crippen MR) is 119 cm³/mol. The number of ether oxygens (including phenoxy) is 2. The number of hydrogen-bond acceptors (Lipinski definition) is 5. The van der Waals surface area contributed by atoms with Crippen LogP contribution in [0.3, 0.4) is 0 Å². The normalized spacial score (nSPS) is 11.0. The number of carbonyl (C=O) groups is 1. The Morgan fingerprint density at radius 1 is 1.13 bits per heavy atom. The van der Waals surface area contributed by atoms with E-state index in [-0.39, 0.29) is 11.7 Å². The molecule has 0 saturated heterocycles. The largest absolute Gasteiger partial charge is 0.497 e. The first-order chi connectivity index (χ1) is 15.0. The molecule has 8 heteroatoms. The summed E-state index contributed by atoms with van der Waals surface area (Å²) in [6, 6.07) is 13.7. The summed E-state index contributed by atoms with van der Waals surface area (Å²) < 4.78 is 25.7. The van der Waals surface area contributed by atoms with Crippen molar-refractivity contribution in [2.24, 2.45) is 0 Å². The molecular weight excluding hydrogens is 417 g/mol. The van der Waals surface area contributed by atoms with Crippen LogP contribution in [0.25, 0.3) is 10.2 Å². The maximum absolute atomic E-state index is 13.2. The van der Waals surface area contributed by atoms with Crippen LogP contribution < -0.4 is 14.8 Å². The molecule has 2 heterocycles. The summed E-state index contributed by atoms with van der Waals surface area (Å²) in [6.07, 6.45) is 0. The number of rotatable bonds is 7. The van der Waals surface area contributed by atoms with E-state index in [1.807, 2.05) is 35.9 Å². The van der Waals surface area contributed by atoms with Crippen molar-refractivity contribution >= 4 is 27.5 Å². The smallest absolute Gasteiger partial charge is 0.261 e. The fourth-order valence-corrected chi connectivity index (χ4v) is 4.45. The number of aryl methyl sites for hydroxylation is 1. The van der Waals surface area contributed by atoms with Gasteiger partial charge in [0.25, 0.3) is 5.91 Å². The molecule has 0 atom stereocenters. The number of benzene rings is 2. The zero-order chi connectivity index (χ0) is 22.0. The Morgan fingerprint density at radius 2 is 1.90 bits per heavy atom. The molecule has 0 aliphatic heterocycles. The molecule has 0 fully saturated rings. The highest BCUT2D eigenvalue weighted by atomic mass is 32.1. The van der Waals surface area contributed by atoms with Crippen molar-refractivity contribution in [3.8, 4) is 11.5 Å². The Bertz CT molecular complexity index is 1230. The first-order valence-corrected chi connectivity index (χ1v) is 10.5. The summed E-state index contributed by atoms with van der Waals surface area (Å²) in [5.74, 6) is 0.943. The monoisotopic (exact) mass is 439 g/mol. The van der Waals surface area contributed by atoms with E-state index in [1.54, 1.807) is 26.4 Å². The molecule has 0 saturated carbocycles. The fraction of sp³-hybridized carbons (Fsp3) is 0.217.